The molecule has 2 aromatic carbocycles. The van der Waals surface area contributed by atoms with E-state index >= 15 is 0 Å². The van der Waals surface area contributed by atoms with Gasteiger partial charge in [-0.05, 0) is 23.8 Å². The lowest BCUT2D eigenvalue weighted by Gasteiger charge is -2.09. The monoisotopic (exact) mass is 295 g/mol. The Morgan fingerprint density at radius 3 is 2.00 bits per heavy atom. The lowest BCUT2D eigenvalue weighted by Crippen LogP contribution is -2.04. The first-order valence-corrected chi connectivity index (χ1v) is 5.87. The fraction of sp³-hybridized carbons (Fsp3) is 0. The number of pyridine rings is 1. The van der Waals surface area contributed by atoms with Crippen molar-refractivity contribution in [3.05, 3.63) is 65.6 Å². The van der Waals surface area contributed by atoms with Crippen LogP contribution >= 0.6 is 0 Å². The first-order valence-electron chi connectivity index (χ1n) is 5.87. The Kier molecular flexibility index (Phi) is 3.08. The van der Waals surface area contributed by atoms with Gasteiger partial charge in [-0.25, -0.2) is 22.0 Å². The van der Waals surface area contributed by atoms with Gasteiger partial charge >= 0.3 is 0 Å². The van der Waals surface area contributed by atoms with Crippen molar-refractivity contribution in [2.24, 2.45) is 0 Å². The highest BCUT2D eigenvalue weighted by Gasteiger charge is 2.26. The molecule has 3 rings (SSSR count). The third-order valence-corrected chi connectivity index (χ3v) is 3.10. The van der Waals surface area contributed by atoms with Crippen molar-refractivity contribution in [2.45, 2.75) is 0 Å². The number of hydrogen-bond donors (Lipinski definition) is 0. The van der Waals surface area contributed by atoms with Crippen molar-refractivity contribution in [3.63, 3.8) is 0 Å². The SMILES string of the molecule is Fc1c(F)c(F)c(-c2ccc3ncccc3c2)c(F)c1F. The van der Waals surface area contributed by atoms with Gasteiger partial charge in [0.05, 0.1) is 11.1 Å². The highest BCUT2D eigenvalue weighted by Crippen LogP contribution is 2.32. The summed E-state index contributed by atoms with van der Waals surface area (Å²) in [4.78, 5) is 4.01. The molecule has 0 aliphatic heterocycles. The Bertz CT molecular complexity index is 831. The highest BCUT2D eigenvalue weighted by atomic mass is 19.2. The van der Waals surface area contributed by atoms with Crippen molar-refractivity contribution in [3.8, 4) is 11.1 Å². The van der Waals surface area contributed by atoms with Crippen LogP contribution < -0.4 is 0 Å². The predicted molar refractivity (Wildman–Crippen MR) is 67.0 cm³/mol. The van der Waals surface area contributed by atoms with Crippen molar-refractivity contribution < 1.29 is 22.0 Å². The fourth-order valence-corrected chi connectivity index (χ4v) is 2.09. The van der Waals surface area contributed by atoms with E-state index in [0.717, 1.165) is 0 Å². The molecule has 0 saturated carbocycles. The largest absolute Gasteiger partial charge is 0.256 e. The highest BCUT2D eigenvalue weighted by molar-refractivity contribution is 5.84. The summed E-state index contributed by atoms with van der Waals surface area (Å²) >= 11 is 0. The van der Waals surface area contributed by atoms with Crippen LogP contribution in [0.2, 0.25) is 0 Å². The van der Waals surface area contributed by atoms with Crippen LogP contribution in [-0.2, 0) is 0 Å². The first-order chi connectivity index (χ1) is 10.0. The molecule has 0 N–H and O–H groups in total. The zero-order valence-corrected chi connectivity index (χ0v) is 10.3. The minimum Gasteiger partial charge on any atom is -0.256 e. The Morgan fingerprint density at radius 1 is 0.714 bits per heavy atom. The molecular formula is C15H6F5N. The van der Waals surface area contributed by atoms with E-state index in [1.807, 2.05) is 0 Å². The Labute approximate surface area is 115 Å². The fourth-order valence-electron chi connectivity index (χ4n) is 2.09. The molecule has 0 aliphatic carbocycles. The summed E-state index contributed by atoms with van der Waals surface area (Å²) in [5.74, 6) is -9.80. The van der Waals surface area contributed by atoms with Crippen LogP contribution in [0.4, 0.5) is 22.0 Å². The Hall–Kier alpha value is -2.50. The van der Waals surface area contributed by atoms with Gasteiger partial charge in [-0.3, -0.25) is 4.98 Å². The van der Waals surface area contributed by atoms with Gasteiger partial charge in [0.25, 0.3) is 0 Å². The molecule has 0 amide bonds. The van der Waals surface area contributed by atoms with E-state index < -0.39 is 34.6 Å². The zero-order chi connectivity index (χ0) is 15.1. The van der Waals surface area contributed by atoms with Crippen LogP contribution in [0.3, 0.4) is 0 Å². The summed E-state index contributed by atoms with van der Waals surface area (Å²) in [6.45, 7) is 0. The molecule has 6 heteroatoms. The van der Waals surface area contributed by atoms with Gasteiger partial charge < -0.3 is 0 Å². The molecule has 1 nitrogen and oxygen atoms in total. The number of nitrogens with zero attached hydrogens (tertiary/aromatic N) is 1. The molecule has 21 heavy (non-hydrogen) atoms. The molecule has 0 unspecified atom stereocenters. The molecule has 0 radical (unpaired) electrons. The third kappa shape index (κ3) is 2.03. The van der Waals surface area contributed by atoms with E-state index in [2.05, 4.69) is 4.98 Å². The second kappa shape index (κ2) is 4.80. The van der Waals surface area contributed by atoms with Gasteiger partial charge in [0, 0.05) is 11.6 Å². The minimum absolute atomic E-state index is 0.108. The molecule has 0 aliphatic rings. The van der Waals surface area contributed by atoms with Crippen LogP contribution in [0.5, 0.6) is 0 Å². The lowest BCUT2D eigenvalue weighted by atomic mass is 10.0. The van der Waals surface area contributed by atoms with Crippen LogP contribution in [-0.4, -0.2) is 4.98 Å². The number of benzene rings is 2. The van der Waals surface area contributed by atoms with Gasteiger partial charge in [0.15, 0.2) is 23.3 Å². The molecular weight excluding hydrogens is 289 g/mol. The van der Waals surface area contributed by atoms with Gasteiger partial charge in [-0.15, -0.1) is 0 Å². The molecule has 1 heterocycles. The maximum Gasteiger partial charge on any atom is 0.200 e. The molecule has 0 fully saturated rings. The maximum atomic E-state index is 13.8. The quantitative estimate of drug-likeness (QED) is 0.363. The summed E-state index contributed by atoms with van der Waals surface area (Å²) in [5.41, 5.74) is -0.509. The van der Waals surface area contributed by atoms with E-state index in [0.29, 0.717) is 10.9 Å². The zero-order valence-electron chi connectivity index (χ0n) is 10.3. The number of halogens is 5. The predicted octanol–water partition coefficient (Wildman–Crippen LogP) is 4.60. The van der Waals surface area contributed by atoms with E-state index in [4.69, 9.17) is 0 Å². The van der Waals surface area contributed by atoms with Gasteiger partial charge in [0.1, 0.15) is 0 Å². The number of aromatic nitrogens is 1. The maximum absolute atomic E-state index is 13.8. The smallest absolute Gasteiger partial charge is 0.200 e. The summed E-state index contributed by atoms with van der Waals surface area (Å²) < 4.78 is 67.0. The van der Waals surface area contributed by atoms with Crippen LogP contribution in [0, 0.1) is 29.1 Å². The van der Waals surface area contributed by atoms with Crippen molar-refractivity contribution in [1.29, 1.82) is 0 Å². The summed E-state index contributed by atoms with van der Waals surface area (Å²) in [7, 11) is 0. The van der Waals surface area contributed by atoms with Gasteiger partial charge in [-0.2, -0.15) is 0 Å². The van der Waals surface area contributed by atoms with Crippen molar-refractivity contribution in [1.82, 2.24) is 4.98 Å². The van der Waals surface area contributed by atoms with Crippen LogP contribution in [0.1, 0.15) is 0 Å². The molecule has 106 valence electrons. The lowest BCUT2D eigenvalue weighted by molar-refractivity contribution is 0.381. The molecule has 0 spiro atoms. The van der Waals surface area contributed by atoms with Crippen LogP contribution in [0.25, 0.3) is 22.0 Å². The third-order valence-electron chi connectivity index (χ3n) is 3.10. The molecule has 0 saturated heterocycles. The summed E-state index contributed by atoms with van der Waals surface area (Å²) in [6, 6.07) is 7.25. The summed E-state index contributed by atoms with van der Waals surface area (Å²) in [5, 5.41) is 0.527. The van der Waals surface area contributed by atoms with E-state index in [-0.39, 0.29) is 5.56 Å². The van der Waals surface area contributed by atoms with Crippen molar-refractivity contribution in [2.75, 3.05) is 0 Å². The number of rotatable bonds is 1. The van der Waals surface area contributed by atoms with E-state index in [1.165, 1.54) is 24.4 Å². The topological polar surface area (TPSA) is 12.9 Å². The normalized spacial score (nSPS) is 11.1. The molecule has 3 aromatic rings. The Balaban J connectivity index is 2.32. The second-order valence-corrected chi connectivity index (χ2v) is 4.36. The van der Waals surface area contributed by atoms with E-state index in [9.17, 15) is 22.0 Å². The second-order valence-electron chi connectivity index (χ2n) is 4.36. The Morgan fingerprint density at radius 2 is 1.33 bits per heavy atom. The molecule has 1 aromatic heterocycles. The van der Waals surface area contributed by atoms with E-state index in [1.54, 1.807) is 12.1 Å². The number of hydrogen-bond acceptors (Lipinski definition) is 1. The van der Waals surface area contributed by atoms with Crippen LogP contribution in [0.15, 0.2) is 36.5 Å². The molecule has 0 bridgehead atoms. The summed E-state index contributed by atoms with van der Waals surface area (Å²) in [6.07, 6.45) is 1.53. The van der Waals surface area contributed by atoms with Gasteiger partial charge in [-0.1, -0.05) is 12.1 Å². The average molecular weight is 295 g/mol. The first kappa shape index (κ1) is 13.5. The standard InChI is InChI=1S/C15H6F5N/c16-11-10(12(17)14(19)15(20)13(11)18)8-3-4-9-7(6-8)2-1-5-21-9/h1-6H. The van der Waals surface area contributed by atoms with Gasteiger partial charge in [0.2, 0.25) is 5.82 Å². The average Bonchev–Trinajstić information content (AvgIpc) is 2.51. The minimum atomic E-state index is -2.17. The molecule has 0 atom stereocenters. The van der Waals surface area contributed by atoms with Crippen molar-refractivity contribution >= 4 is 10.9 Å². The number of fused-ring (bicyclic) bond motifs is 1.